The summed E-state index contributed by atoms with van der Waals surface area (Å²) < 4.78 is 14.8. The SMILES string of the molecule is CCn1ccc(N)c(C=NC/C(=C/F)CN2C(=O)c3ccccc3C2=O)c1=O. The number of hydrogen-bond donors (Lipinski definition) is 1. The van der Waals surface area contributed by atoms with Crippen LogP contribution in [0.15, 0.2) is 58.2 Å². The Morgan fingerprint density at radius 3 is 2.36 bits per heavy atom. The maximum Gasteiger partial charge on any atom is 0.261 e. The summed E-state index contributed by atoms with van der Waals surface area (Å²) in [6.07, 6.45) is 3.19. The average molecular weight is 382 g/mol. The highest BCUT2D eigenvalue weighted by Crippen LogP contribution is 2.23. The van der Waals surface area contributed by atoms with Gasteiger partial charge in [0.25, 0.3) is 17.4 Å². The van der Waals surface area contributed by atoms with Gasteiger partial charge in [-0.1, -0.05) is 12.1 Å². The van der Waals surface area contributed by atoms with Crippen molar-refractivity contribution in [3.63, 3.8) is 0 Å². The maximum atomic E-state index is 13.3. The number of aliphatic imine (C=N–C) groups is 1. The van der Waals surface area contributed by atoms with Gasteiger partial charge in [0, 0.05) is 24.6 Å². The molecule has 2 aromatic rings. The third-order valence-corrected chi connectivity index (χ3v) is 4.49. The van der Waals surface area contributed by atoms with Crippen LogP contribution in [-0.2, 0) is 6.54 Å². The van der Waals surface area contributed by atoms with Crippen molar-refractivity contribution in [2.75, 3.05) is 18.8 Å². The Hall–Kier alpha value is -3.55. The topological polar surface area (TPSA) is 97.8 Å². The largest absolute Gasteiger partial charge is 0.398 e. The number of fused-ring (bicyclic) bond motifs is 1. The minimum atomic E-state index is -0.470. The fourth-order valence-corrected chi connectivity index (χ4v) is 2.94. The van der Waals surface area contributed by atoms with Crippen molar-refractivity contribution in [2.45, 2.75) is 13.5 Å². The Kier molecular flexibility index (Phi) is 5.49. The highest BCUT2D eigenvalue weighted by atomic mass is 19.1. The number of anilines is 1. The van der Waals surface area contributed by atoms with E-state index in [0.717, 1.165) is 4.90 Å². The number of hydrogen-bond acceptors (Lipinski definition) is 5. The lowest BCUT2D eigenvalue weighted by atomic mass is 10.1. The number of nitrogens with two attached hydrogens (primary N) is 1. The molecule has 1 aromatic heterocycles. The molecule has 0 unspecified atom stereocenters. The summed E-state index contributed by atoms with van der Waals surface area (Å²) >= 11 is 0. The number of halogens is 1. The lowest BCUT2D eigenvalue weighted by molar-refractivity contribution is 0.0667. The van der Waals surface area contributed by atoms with Crippen LogP contribution < -0.4 is 11.3 Å². The molecule has 0 radical (unpaired) electrons. The predicted molar refractivity (Wildman–Crippen MR) is 104 cm³/mol. The first-order valence-electron chi connectivity index (χ1n) is 8.70. The van der Waals surface area contributed by atoms with Crippen LogP contribution in [-0.4, -0.2) is 40.6 Å². The minimum absolute atomic E-state index is 0.121. The van der Waals surface area contributed by atoms with Crippen molar-refractivity contribution in [1.82, 2.24) is 9.47 Å². The van der Waals surface area contributed by atoms with Gasteiger partial charge in [-0.3, -0.25) is 24.3 Å². The average Bonchev–Trinajstić information content (AvgIpc) is 2.94. The van der Waals surface area contributed by atoms with E-state index in [1.54, 1.807) is 36.5 Å². The van der Waals surface area contributed by atoms with Crippen molar-refractivity contribution < 1.29 is 14.0 Å². The smallest absolute Gasteiger partial charge is 0.261 e. The standard InChI is InChI=1S/C20H19FN4O3/c1-2-24-8-7-17(22)16(18(24)26)11-23-10-13(9-21)12-25-19(27)14-5-3-4-6-15(14)20(25)28/h3-9,11H,2,10,12,22H2,1H3/b13-9-,23-11?. The van der Waals surface area contributed by atoms with E-state index in [4.69, 9.17) is 5.73 Å². The number of amides is 2. The molecule has 8 heteroatoms. The lowest BCUT2D eigenvalue weighted by Crippen LogP contribution is -2.32. The van der Waals surface area contributed by atoms with Crippen LogP contribution in [0.4, 0.5) is 10.1 Å². The van der Waals surface area contributed by atoms with E-state index in [2.05, 4.69) is 4.99 Å². The first-order valence-corrected chi connectivity index (χ1v) is 8.70. The quantitative estimate of drug-likeness (QED) is 0.610. The summed E-state index contributed by atoms with van der Waals surface area (Å²) in [4.78, 5) is 42.1. The van der Waals surface area contributed by atoms with Gasteiger partial charge in [-0.05, 0) is 30.7 Å². The highest BCUT2D eigenvalue weighted by molar-refractivity contribution is 6.21. The van der Waals surface area contributed by atoms with Gasteiger partial charge in [0.2, 0.25) is 0 Å². The van der Waals surface area contributed by atoms with Gasteiger partial charge in [0.1, 0.15) is 0 Å². The van der Waals surface area contributed by atoms with Crippen LogP contribution in [0.2, 0.25) is 0 Å². The molecular weight excluding hydrogens is 363 g/mol. The third-order valence-electron chi connectivity index (χ3n) is 4.49. The number of benzene rings is 1. The second kappa shape index (κ2) is 7.99. The number of rotatable bonds is 6. The molecule has 0 bridgehead atoms. The summed E-state index contributed by atoms with van der Waals surface area (Å²) in [6.45, 7) is 1.97. The van der Waals surface area contributed by atoms with E-state index in [1.165, 1.54) is 10.8 Å². The predicted octanol–water partition coefficient (Wildman–Crippen LogP) is 2.02. The molecule has 1 aromatic carbocycles. The Balaban J connectivity index is 1.74. The van der Waals surface area contributed by atoms with Crippen LogP contribution in [0.5, 0.6) is 0 Å². The number of aryl methyl sites for hydroxylation is 1. The van der Waals surface area contributed by atoms with E-state index < -0.39 is 11.8 Å². The molecule has 0 saturated heterocycles. The second-order valence-electron chi connectivity index (χ2n) is 6.26. The molecule has 0 spiro atoms. The monoisotopic (exact) mass is 382 g/mol. The zero-order valence-electron chi connectivity index (χ0n) is 15.3. The second-order valence-corrected chi connectivity index (χ2v) is 6.26. The van der Waals surface area contributed by atoms with Crippen molar-refractivity contribution in [3.8, 4) is 0 Å². The van der Waals surface area contributed by atoms with E-state index >= 15 is 0 Å². The van der Waals surface area contributed by atoms with Crippen molar-refractivity contribution in [2.24, 2.45) is 4.99 Å². The molecule has 0 fully saturated rings. The van der Waals surface area contributed by atoms with Gasteiger partial charge >= 0.3 is 0 Å². The van der Waals surface area contributed by atoms with Crippen LogP contribution in [0.3, 0.4) is 0 Å². The molecule has 28 heavy (non-hydrogen) atoms. The number of pyridine rings is 1. The summed E-state index contributed by atoms with van der Waals surface area (Å²) in [6, 6.07) is 8.04. The summed E-state index contributed by atoms with van der Waals surface area (Å²) in [5.74, 6) is -0.941. The molecule has 0 aliphatic carbocycles. The summed E-state index contributed by atoms with van der Waals surface area (Å²) in [5.41, 5.74) is 6.72. The number of nitrogens with zero attached hydrogens (tertiary/aromatic N) is 3. The van der Waals surface area contributed by atoms with Gasteiger partial charge in [-0.2, -0.15) is 0 Å². The number of carbonyl (C=O) groups is 2. The van der Waals surface area contributed by atoms with Crippen LogP contribution in [0, 0.1) is 0 Å². The van der Waals surface area contributed by atoms with E-state index in [9.17, 15) is 18.8 Å². The number of carbonyl (C=O) groups excluding carboxylic acids is 2. The number of aromatic nitrogens is 1. The molecule has 0 saturated carbocycles. The van der Waals surface area contributed by atoms with E-state index in [0.29, 0.717) is 24.0 Å². The van der Waals surface area contributed by atoms with Crippen LogP contribution in [0.25, 0.3) is 0 Å². The highest BCUT2D eigenvalue weighted by Gasteiger charge is 2.35. The zero-order valence-corrected chi connectivity index (χ0v) is 15.3. The van der Waals surface area contributed by atoms with Gasteiger partial charge in [0.05, 0.1) is 36.1 Å². The van der Waals surface area contributed by atoms with E-state index in [1.807, 2.05) is 6.92 Å². The Morgan fingerprint density at radius 2 is 1.79 bits per heavy atom. The molecule has 144 valence electrons. The summed E-state index contributed by atoms with van der Waals surface area (Å²) in [5, 5.41) is 0. The first-order chi connectivity index (χ1) is 13.5. The van der Waals surface area contributed by atoms with Crippen molar-refractivity contribution in [3.05, 3.63) is 75.5 Å². The molecule has 2 amide bonds. The first kappa shape index (κ1) is 19.2. The van der Waals surface area contributed by atoms with Crippen molar-refractivity contribution >= 4 is 23.7 Å². The number of imide groups is 1. The molecule has 2 N–H and O–H groups in total. The lowest BCUT2D eigenvalue weighted by Gasteiger charge is -2.14. The Morgan fingerprint density at radius 1 is 1.14 bits per heavy atom. The Bertz CT molecular complexity index is 1020. The molecule has 1 aliphatic heterocycles. The number of nitrogen functional groups attached to an aromatic ring is 1. The van der Waals surface area contributed by atoms with Crippen LogP contribution in [0.1, 0.15) is 33.2 Å². The minimum Gasteiger partial charge on any atom is -0.398 e. The molecule has 2 heterocycles. The molecule has 0 atom stereocenters. The molecular formula is C20H19FN4O3. The normalized spacial score (nSPS) is 14.2. The fourth-order valence-electron chi connectivity index (χ4n) is 2.94. The van der Waals surface area contributed by atoms with Gasteiger partial charge < -0.3 is 10.3 Å². The van der Waals surface area contributed by atoms with Crippen LogP contribution >= 0.6 is 0 Å². The fraction of sp³-hybridized carbons (Fsp3) is 0.200. The van der Waals surface area contributed by atoms with Gasteiger partial charge in [-0.25, -0.2) is 4.39 Å². The molecule has 3 rings (SSSR count). The van der Waals surface area contributed by atoms with Crippen molar-refractivity contribution in [1.29, 1.82) is 0 Å². The Labute approximate surface area is 160 Å². The molecule has 7 nitrogen and oxygen atoms in total. The van der Waals surface area contributed by atoms with Gasteiger partial charge in [0.15, 0.2) is 0 Å². The maximum absolute atomic E-state index is 13.3. The summed E-state index contributed by atoms with van der Waals surface area (Å²) in [7, 11) is 0. The third kappa shape index (κ3) is 3.48. The van der Waals surface area contributed by atoms with Gasteiger partial charge in [-0.15, -0.1) is 0 Å². The van der Waals surface area contributed by atoms with E-state index in [-0.39, 0.29) is 35.5 Å². The zero-order chi connectivity index (χ0) is 20.3. The molecule has 1 aliphatic rings.